The lowest BCUT2D eigenvalue weighted by Gasteiger charge is -2.34. The fraction of sp³-hybridized carbons (Fsp3) is 0.467. The van der Waals surface area contributed by atoms with Crippen LogP contribution < -0.4 is 4.90 Å². The van der Waals surface area contributed by atoms with Crippen LogP contribution in [-0.2, 0) is 6.42 Å². The molecular formula is C15H20N4S. The normalized spacial score (nSPS) is 16.6. The van der Waals surface area contributed by atoms with Gasteiger partial charge >= 0.3 is 0 Å². The van der Waals surface area contributed by atoms with Gasteiger partial charge in [0.2, 0.25) is 0 Å². The maximum absolute atomic E-state index is 4.57. The Morgan fingerprint density at radius 1 is 1.20 bits per heavy atom. The van der Waals surface area contributed by atoms with Gasteiger partial charge in [-0.25, -0.2) is 4.98 Å². The highest BCUT2D eigenvalue weighted by Gasteiger charge is 2.18. The van der Waals surface area contributed by atoms with E-state index in [0.29, 0.717) is 0 Å². The van der Waals surface area contributed by atoms with Gasteiger partial charge in [0.1, 0.15) is 0 Å². The van der Waals surface area contributed by atoms with Crippen LogP contribution in [0.5, 0.6) is 0 Å². The van der Waals surface area contributed by atoms with Gasteiger partial charge in [0.05, 0.1) is 5.69 Å². The van der Waals surface area contributed by atoms with Gasteiger partial charge in [0.15, 0.2) is 5.13 Å². The van der Waals surface area contributed by atoms with Gasteiger partial charge in [0, 0.05) is 56.4 Å². The highest BCUT2D eigenvalue weighted by Crippen LogP contribution is 2.21. The minimum atomic E-state index is 1.04. The van der Waals surface area contributed by atoms with Gasteiger partial charge < -0.3 is 4.90 Å². The average molecular weight is 288 g/mol. The maximum atomic E-state index is 4.57. The van der Waals surface area contributed by atoms with Crippen molar-refractivity contribution in [1.82, 2.24) is 14.9 Å². The van der Waals surface area contributed by atoms with Crippen molar-refractivity contribution in [3.8, 4) is 0 Å². The molecule has 1 saturated heterocycles. The molecule has 0 bridgehead atoms. The molecule has 0 aromatic carbocycles. The van der Waals surface area contributed by atoms with E-state index >= 15 is 0 Å². The van der Waals surface area contributed by atoms with Crippen LogP contribution in [-0.4, -0.2) is 47.6 Å². The maximum Gasteiger partial charge on any atom is 0.185 e. The first-order chi connectivity index (χ1) is 9.81. The SMILES string of the molecule is Cc1csc(N2CCN(CCc3ccccn3)CC2)n1. The lowest BCUT2D eigenvalue weighted by atomic mass is 10.2. The van der Waals surface area contributed by atoms with Crippen molar-refractivity contribution in [2.75, 3.05) is 37.6 Å². The highest BCUT2D eigenvalue weighted by atomic mass is 32.1. The standard InChI is InChI=1S/C15H20N4S/c1-13-12-20-15(17-13)19-10-8-18(9-11-19)7-5-14-4-2-3-6-16-14/h2-4,6,12H,5,7-11H2,1H3. The molecule has 2 aromatic rings. The Hall–Kier alpha value is -1.46. The molecule has 0 atom stereocenters. The van der Waals surface area contributed by atoms with Crippen molar-refractivity contribution in [2.45, 2.75) is 13.3 Å². The number of aryl methyl sites for hydroxylation is 1. The predicted octanol–water partition coefficient (Wildman–Crippen LogP) is 2.21. The third-order valence-electron chi connectivity index (χ3n) is 3.66. The Balaban J connectivity index is 1.47. The minimum absolute atomic E-state index is 1.04. The van der Waals surface area contributed by atoms with E-state index in [1.807, 2.05) is 12.3 Å². The summed E-state index contributed by atoms with van der Waals surface area (Å²) in [6.07, 6.45) is 2.91. The molecule has 0 spiro atoms. The molecule has 106 valence electrons. The van der Waals surface area contributed by atoms with E-state index in [2.05, 4.69) is 44.2 Å². The summed E-state index contributed by atoms with van der Waals surface area (Å²) in [5.74, 6) is 0. The number of aromatic nitrogens is 2. The number of nitrogens with zero attached hydrogens (tertiary/aromatic N) is 4. The third-order valence-corrected chi connectivity index (χ3v) is 4.68. The molecule has 0 N–H and O–H groups in total. The molecule has 1 aliphatic rings. The lowest BCUT2D eigenvalue weighted by molar-refractivity contribution is 0.260. The molecule has 2 aromatic heterocycles. The Kier molecular flexibility index (Phi) is 4.28. The number of piperazine rings is 1. The second-order valence-corrected chi connectivity index (χ2v) is 6.01. The lowest BCUT2D eigenvalue weighted by Crippen LogP contribution is -2.47. The molecule has 0 radical (unpaired) electrons. The van der Waals surface area contributed by atoms with E-state index in [4.69, 9.17) is 0 Å². The number of anilines is 1. The van der Waals surface area contributed by atoms with Crippen LogP contribution in [0.3, 0.4) is 0 Å². The van der Waals surface area contributed by atoms with Gasteiger partial charge in [-0.05, 0) is 19.1 Å². The van der Waals surface area contributed by atoms with E-state index in [-0.39, 0.29) is 0 Å². The molecule has 0 saturated carbocycles. The average Bonchev–Trinajstić information content (AvgIpc) is 2.93. The molecule has 4 nitrogen and oxygen atoms in total. The zero-order valence-corrected chi connectivity index (χ0v) is 12.6. The van der Waals surface area contributed by atoms with Crippen molar-refractivity contribution < 1.29 is 0 Å². The van der Waals surface area contributed by atoms with Crippen LogP contribution in [0.25, 0.3) is 0 Å². The molecule has 0 amide bonds. The van der Waals surface area contributed by atoms with Crippen LogP contribution in [0, 0.1) is 6.92 Å². The topological polar surface area (TPSA) is 32.3 Å². The summed E-state index contributed by atoms with van der Waals surface area (Å²) in [6.45, 7) is 7.55. The summed E-state index contributed by atoms with van der Waals surface area (Å²) in [6, 6.07) is 6.14. The fourth-order valence-electron chi connectivity index (χ4n) is 2.47. The van der Waals surface area contributed by atoms with Crippen molar-refractivity contribution in [3.63, 3.8) is 0 Å². The van der Waals surface area contributed by atoms with Crippen LogP contribution >= 0.6 is 11.3 Å². The van der Waals surface area contributed by atoms with Crippen LogP contribution in [0.2, 0.25) is 0 Å². The molecule has 20 heavy (non-hydrogen) atoms. The summed E-state index contributed by atoms with van der Waals surface area (Å²) >= 11 is 1.75. The number of thiazole rings is 1. The fourth-order valence-corrected chi connectivity index (χ4v) is 3.33. The molecule has 1 fully saturated rings. The molecule has 0 aliphatic carbocycles. The van der Waals surface area contributed by atoms with Crippen molar-refractivity contribution in [2.24, 2.45) is 0 Å². The van der Waals surface area contributed by atoms with Crippen LogP contribution in [0.1, 0.15) is 11.4 Å². The summed E-state index contributed by atoms with van der Waals surface area (Å²) < 4.78 is 0. The van der Waals surface area contributed by atoms with E-state index in [0.717, 1.165) is 44.8 Å². The van der Waals surface area contributed by atoms with E-state index in [9.17, 15) is 0 Å². The smallest absolute Gasteiger partial charge is 0.185 e. The predicted molar refractivity (Wildman–Crippen MR) is 83.4 cm³/mol. The molecule has 1 aliphatic heterocycles. The highest BCUT2D eigenvalue weighted by molar-refractivity contribution is 7.13. The van der Waals surface area contributed by atoms with Crippen molar-refractivity contribution in [3.05, 3.63) is 41.2 Å². The quantitative estimate of drug-likeness (QED) is 0.863. The first-order valence-electron chi connectivity index (χ1n) is 7.10. The van der Waals surface area contributed by atoms with Crippen molar-refractivity contribution >= 4 is 16.5 Å². The number of pyridine rings is 1. The Bertz CT molecular complexity index is 532. The zero-order valence-electron chi connectivity index (χ0n) is 11.8. The summed E-state index contributed by atoms with van der Waals surface area (Å²) in [4.78, 5) is 13.9. The van der Waals surface area contributed by atoms with E-state index < -0.39 is 0 Å². The third kappa shape index (κ3) is 3.35. The molecule has 0 unspecified atom stereocenters. The largest absolute Gasteiger partial charge is 0.346 e. The van der Waals surface area contributed by atoms with Gasteiger partial charge in [-0.3, -0.25) is 9.88 Å². The molecule has 3 rings (SSSR count). The first-order valence-corrected chi connectivity index (χ1v) is 7.98. The summed E-state index contributed by atoms with van der Waals surface area (Å²) in [5.41, 5.74) is 2.31. The minimum Gasteiger partial charge on any atom is -0.346 e. The number of hydrogen-bond acceptors (Lipinski definition) is 5. The Morgan fingerprint density at radius 3 is 2.70 bits per heavy atom. The second kappa shape index (κ2) is 6.33. The van der Waals surface area contributed by atoms with Gasteiger partial charge in [-0.1, -0.05) is 6.07 Å². The summed E-state index contributed by atoms with van der Waals surface area (Å²) in [7, 11) is 0. The van der Waals surface area contributed by atoms with Gasteiger partial charge in [-0.2, -0.15) is 0 Å². The van der Waals surface area contributed by atoms with Gasteiger partial charge in [-0.15, -0.1) is 11.3 Å². The van der Waals surface area contributed by atoms with E-state index in [1.54, 1.807) is 11.3 Å². The summed E-state index contributed by atoms with van der Waals surface area (Å²) in [5, 5.41) is 3.30. The van der Waals surface area contributed by atoms with E-state index in [1.165, 1.54) is 10.8 Å². The van der Waals surface area contributed by atoms with Crippen LogP contribution in [0.4, 0.5) is 5.13 Å². The number of hydrogen-bond donors (Lipinski definition) is 0. The van der Waals surface area contributed by atoms with Crippen LogP contribution in [0.15, 0.2) is 29.8 Å². The molecule has 3 heterocycles. The Labute approximate surface area is 124 Å². The monoisotopic (exact) mass is 288 g/mol. The first kappa shape index (κ1) is 13.5. The molecule has 5 heteroatoms. The number of rotatable bonds is 4. The second-order valence-electron chi connectivity index (χ2n) is 5.17. The van der Waals surface area contributed by atoms with Gasteiger partial charge in [0.25, 0.3) is 0 Å². The zero-order chi connectivity index (χ0) is 13.8. The Morgan fingerprint density at radius 2 is 2.05 bits per heavy atom. The molecular weight excluding hydrogens is 268 g/mol. The van der Waals surface area contributed by atoms with Crippen molar-refractivity contribution in [1.29, 1.82) is 0 Å².